The minimum absolute atomic E-state index is 0.523. The average Bonchev–Trinajstić information content (AvgIpc) is 2.93. The smallest absolute Gasteiger partial charge is 0.0346 e. The molecule has 108 valence electrons. The van der Waals surface area contributed by atoms with E-state index in [9.17, 15) is 0 Å². The van der Waals surface area contributed by atoms with Gasteiger partial charge in [0, 0.05) is 26.8 Å². The highest BCUT2D eigenvalue weighted by Gasteiger charge is 2.05. The van der Waals surface area contributed by atoms with Crippen LogP contribution in [0.5, 0.6) is 0 Å². The monoisotopic (exact) mass is 359 g/mol. The van der Waals surface area contributed by atoms with Crippen LogP contribution in [-0.2, 0) is 6.54 Å². The van der Waals surface area contributed by atoms with E-state index in [1.54, 1.807) is 0 Å². The van der Waals surface area contributed by atoms with E-state index in [0.29, 0.717) is 6.04 Å². The van der Waals surface area contributed by atoms with Gasteiger partial charge in [0.15, 0.2) is 0 Å². The number of rotatable bonds is 4. The summed E-state index contributed by atoms with van der Waals surface area (Å²) >= 11 is 5.39. The lowest BCUT2D eigenvalue weighted by atomic mass is 10.1. The Morgan fingerprint density at radius 1 is 1.00 bits per heavy atom. The maximum Gasteiger partial charge on any atom is 0.0346 e. The molecule has 0 amide bonds. The second-order valence-electron chi connectivity index (χ2n) is 5.51. The van der Waals surface area contributed by atoms with E-state index in [0.717, 1.165) is 11.0 Å². The van der Waals surface area contributed by atoms with E-state index in [1.165, 1.54) is 26.1 Å². The van der Waals surface area contributed by atoms with Gasteiger partial charge in [-0.15, -0.1) is 11.3 Å². The Morgan fingerprint density at radius 2 is 1.76 bits per heavy atom. The predicted octanol–water partition coefficient (Wildman–Crippen LogP) is 5.83. The molecule has 0 unspecified atom stereocenters. The van der Waals surface area contributed by atoms with Gasteiger partial charge in [-0.3, -0.25) is 0 Å². The standard InChI is InChI=1S/C18H18BrNS/c1-12(2)20-11-17-7-8-18(21-17)15-4-3-14-10-16(19)6-5-13(14)9-15/h3-10,12,20H,11H2,1-2H3. The summed E-state index contributed by atoms with van der Waals surface area (Å²) in [5.74, 6) is 0. The van der Waals surface area contributed by atoms with Gasteiger partial charge in [0.05, 0.1) is 0 Å². The van der Waals surface area contributed by atoms with Crippen LogP contribution in [0, 0.1) is 0 Å². The van der Waals surface area contributed by atoms with Gasteiger partial charge in [-0.1, -0.05) is 48.0 Å². The van der Waals surface area contributed by atoms with Crippen molar-refractivity contribution in [2.45, 2.75) is 26.4 Å². The third-order valence-electron chi connectivity index (χ3n) is 3.43. The number of hydrogen-bond donors (Lipinski definition) is 1. The molecule has 1 N–H and O–H groups in total. The third-order valence-corrected chi connectivity index (χ3v) is 5.06. The summed E-state index contributed by atoms with van der Waals surface area (Å²) in [5, 5.41) is 6.02. The summed E-state index contributed by atoms with van der Waals surface area (Å²) in [6, 6.07) is 18.1. The molecule has 1 aromatic heterocycles. The van der Waals surface area contributed by atoms with Gasteiger partial charge >= 0.3 is 0 Å². The molecule has 0 fully saturated rings. The Balaban J connectivity index is 1.88. The lowest BCUT2D eigenvalue weighted by Gasteiger charge is -2.05. The molecule has 0 radical (unpaired) electrons. The van der Waals surface area contributed by atoms with E-state index in [1.807, 2.05) is 11.3 Å². The van der Waals surface area contributed by atoms with Gasteiger partial charge in [-0.25, -0.2) is 0 Å². The second kappa shape index (κ2) is 6.30. The van der Waals surface area contributed by atoms with Crippen LogP contribution in [-0.4, -0.2) is 6.04 Å². The average molecular weight is 360 g/mol. The summed E-state index contributed by atoms with van der Waals surface area (Å²) in [4.78, 5) is 2.72. The van der Waals surface area contributed by atoms with Crippen molar-refractivity contribution in [2.24, 2.45) is 0 Å². The molecule has 3 rings (SSSR count). The Kier molecular flexibility index (Phi) is 4.43. The Morgan fingerprint density at radius 3 is 2.57 bits per heavy atom. The van der Waals surface area contributed by atoms with Crippen molar-refractivity contribution < 1.29 is 0 Å². The molecule has 1 heterocycles. The van der Waals surface area contributed by atoms with Crippen LogP contribution in [0.25, 0.3) is 21.2 Å². The zero-order valence-corrected chi connectivity index (χ0v) is 14.6. The van der Waals surface area contributed by atoms with E-state index < -0.39 is 0 Å². The SMILES string of the molecule is CC(C)NCc1ccc(-c2ccc3cc(Br)ccc3c2)s1. The van der Waals surface area contributed by atoms with E-state index in [-0.39, 0.29) is 0 Å². The van der Waals surface area contributed by atoms with E-state index >= 15 is 0 Å². The van der Waals surface area contributed by atoms with Gasteiger partial charge in [0.1, 0.15) is 0 Å². The van der Waals surface area contributed by atoms with Crippen molar-refractivity contribution in [3.05, 3.63) is 57.9 Å². The maximum atomic E-state index is 3.52. The van der Waals surface area contributed by atoms with Crippen LogP contribution in [0.15, 0.2) is 53.0 Å². The van der Waals surface area contributed by atoms with Gasteiger partial charge in [-0.05, 0) is 46.7 Å². The number of halogens is 1. The van der Waals surface area contributed by atoms with Crippen LogP contribution < -0.4 is 5.32 Å². The lowest BCUT2D eigenvalue weighted by Crippen LogP contribution is -2.21. The highest BCUT2D eigenvalue weighted by Crippen LogP contribution is 2.31. The van der Waals surface area contributed by atoms with Crippen LogP contribution >= 0.6 is 27.3 Å². The van der Waals surface area contributed by atoms with Crippen molar-refractivity contribution in [3.8, 4) is 10.4 Å². The molecule has 0 spiro atoms. The molecule has 0 aliphatic rings. The first kappa shape index (κ1) is 14.8. The lowest BCUT2D eigenvalue weighted by molar-refractivity contribution is 0.593. The Bertz CT molecular complexity index is 761. The van der Waals surface area contributed by atoms with Crippen LogP contribution in [0.2, 0.25) is 0 Å². The van der Waals surface area contributed by atoms with Gasteiger partial charge < -0.3 is 5.32 Å². The van der Waals surface area contributed by atoms with Crippen molar-refractivity contribution in [1.82, 2.24) is 5.32 Å². The van der Waals surface area contributed by atoms with Gasteiger partial charge in [-0.2, -0.15) is 0 Å². The summed E-state index contributed by atoms with van der Waals surface area (Å²) in [5.41, 5.74) is 1.30. The molecule has 0 saturated heterocycles. The fraction of sp³-hybridized carbons (Fsp3) is 0.222. The zero-order valence-electron chi connectivity index (χ0n) is 12.2. The summed E-state index contributed by atoms with van der Waals surface area (Å²) in [6.07, 6.45) is 0. The topological polar surface area (TPSA) is 12.0 Å². The summed E-state index contributed by atoms with van der Waals surface area (Å²) < 4.78 is 1.13. The second-order valence-corrected chi connectivity index (χ2v) is 7.59. The molecule has 0 bridgehead atoms. The third kappa shape index (κ3) is 3.54. The fourth-order valence-electron chi connectivity index (χ4n) is 2.30. The summed E-state index contributed by atoms with van der Waals surface area (Å²) in [7, 11) is 0. The highest BCUT2D eigenvalue weighted by atomic mass is 79.9. The quantitative estimate of drug-likeness (QED) is 0.617. The van der Waals surface area contributed by atoms with E-state index in [4.69, 9.17) is 0 Å². The van der Waals surface area contributed by atoms with Gasteiger partial charge in [0.2, 0.25) is 0 Å². The Labute approximate surface area is 138 Å². The normalized spacial score (nSPS) is 11.4. The van der Waals surface area contributed by atoms with Crippen molar-refractivity contribution in [2.75, 3.05) is 0 Å². The molecule has 21 heavy (non-hydrogen) atoms. The van der Waals surface area contributed by atoms with Crippen molar-refractivity contribution >= 4 is 38.0 Å². The first-order valence-corrected chi connectivity index (χ1v) is 8.74. The minimum atomic E-state index is 0.523. The molecule has 0 atom stereocenters. The van der Waals surface area contributed by atoms with Gasteiger partial charge in [0.25, 0.3) is 0 Å². The molecule has 0 aliphatic heterocycles. The molecule has 3 heteroatoms. The number of nitrogens with one attached hydrogen (secondary N) is 1. The first-order chi connectivity index (χ1) is 10.1. The molecular formula is C18H18BrNS. The Hall–Kier alpha value is -1.16. The fourth-order valence-corrected chi connectivity index (χ4v) is 3.64. The molecular weight excluding hydrogens is 342 g/mol. The van der Waals surface area contributed by atoms with Crippen molar-refractivity contribution in [1.29, 1.82) is 0 Å². The number of fused-ring (bicyclic) bond motifs is 1. The highest BCUT2D eigenvalue weighted by molar-refractivity contribution is 9.10. The molecule has 1 nitrogen and oxygen atoms in total. The first-order valence-electron chi connectivity index (χ1n) is 7.13. The largest absolute Gasteiger partial charge is 0.310 e. The molecule has 2 aromatic carbocycles. The number of thiophene rings is 1. The van der Waals surface area contributed by atoms with E-state index in [2.05, 4.69) is 83.6 Å². The maximum absolute atomic E-state index is 3.52. The van der Waals surface area contributed by atoms with Crippen molar-refractivity contribution in [3.63, 3.8) is 0 Å². The number of benzene rings is 2. The van der Waals surface area contributed by atoms with Crippen LogP contribution in [0.1, 0.15) is 18.7 Å². The molecule has 0 aliphatic carbocycles. The number of hydrogen-bond acceptors (Lipinski definition) is 2. The summed E-state index contributed by atoms with van der Waals surface area (Å²) in [6.45, 7) is 5.30. The predicted molar refractivity (Wildman–Crippen MR) is 96.9 cm³/mol. The molecule has 0 saturated carbocycles. The van der Waals surface area contributed by atoms with Crippen LogP contribution in [0.3, 0.4) is 0 Å². The minimum Gasteiger partial charge on any atom is -0.310 e. The molecule has 3 aromatic rings. The zero-order chi connectivity index (χ0) is 14.8. The van der Waals surface area contributed by atoms with Crippen LogP contribution in [0.4, 0.5) is 0 Å².